The highest BCUT2D eigenvalue weighted by atomic mass is 16.1. The number of aromatic amines is 1. The molecule has 2 rings (SSSR count). The molecule has 0 saturated heterocycles. The number of H-pyrrole nitrogens is 1. The summed E-state index contributed by atoms with van der Waals surface area (Å²) >= 11 is 0. The van der Waals surface area contributed by atoms with Gasteiger partial charge in [-0.25, -0.2) is 0 Å². The van der Waals surface area contributed by atoms with Crippen LogP contribution >= 0.6 is 0 Å². The van der Waals surface area contributed by atoms with Gasteiger partial charge in [0.25, 0.3) is 0 Å². The Morgan fingerprint density at radius 1 is 1.33 bits per heavy atom. The number of aldehydes is 1. The Bertz CT molecular complexity index is 489. The molecule has 4 nitrogen and oxygen atoms in total. The van der Waals surface area contributed by atoms with Gasteiger partial charge in [0.15, 0.2) is 0 Å². The second-order valence-corrected chi connectivity index (χ2v) is 3.04. The number of carbonyl (C=O) groups is 2. The highest BCUT2D eigenvalue weighted by Crippen LogP contribution is 2.08. The van der Waals surface area contributed by atoms with Crippen LogP contribution in [0.3, 0.4) is 0 Å². The fourth-order valence-corrected chi connectivity index (χ4v) is 1.29. The third kappa shape index (κ3) is 1.83. The Balaban J connectivity index is 2.38. The van der Waals surface area contributed by atoms with Gasteiger partial charge in [-0.15, -0.1) is 0 Å². The van der Waals surface area contributed by atoms with Crippen LogP contribution in [-0.2, 0) is 0 Å². The quantitative estimate of drug-likeness (QED) is 0.602. The minimum atomic E-state index is -0.170. The average molecular weight is 200 g/mol. The number of nitrogens with zero attached hydrogens (tertiary/aromatic N) is 1. The van der Waals surface area contributed by atoms with Crippen LogP contribution in [0, 0.1) is 0 Å². The summed E-state index contributed by atoms with van der Waals surface area (Å²) in [5, 5.41) is 6.28. The molecule has 0 amide bonds. The van der Waals surface area contributed by atoms with E-state index in [9.17, 15) is 9.59 Å². The maximum absolute atomic E-state index is 11.8. The summed E-state index contributed by atoms with van der Waals surface area (Å²) in [6.45, 7) is 0. The molecule has 15 heavy (non-hydrogen) atoms. The van der Waals surface area contributed by atoms with E-state index in [-0.39, 0.29) is 5.78 Å². The third-order valence-corrected chi connectivity index (χ3v) is 2.03. The van der Waals surface area contributed by atoms with E-state index >= 15 is 0 Å². The van der Waals surface area contributed by atoms with Crippen LogP contribution in [0.4, 0.5) is 0 Å². The SMILES string of the molecule is O=Cc1cccc(C(=O)c2ccn[nH]2)c1. The summed E-state index contributed by atoms with van der Waals surface area (Å²) in [5.74, 6) is -0.170. The van der Waals surface area contributed by atoms with Crippen molar-refractivity contribution in [3.63, 3.8) is 0 Å². The molecule has 0 aliphatic heterocycles. The highest BCUT2D eigenvalue weighted by molar-refractivity contribution is 6.08. The molecule has 4 heteroatoms. The molecule has 0 spiro atoms. The van der Waals surface area contributed by atoms with E-state index in [1.54, 1.807) is 30.3 Å². The Morgan fingerprint density at radius 3 is 2.87 bits per heavy atom. The van der Waals surface area contributed by atoms with Gasteiger partial charge >= 0.3 is 0 Å². The maximum Gasteiger partial charge on any atom is 0.210 e. The number of aromatic nitrogens is 2. The van der Waals surface area contributed by atoms with Crippen LogP contribution in [0.2, 0.25) is 0 Å². The predicted octanol–water partition coefficient (Wildman–Crippen LogP) is 1.45. The smallest absolute Gasteiger partial charge is 0.210 e. The van der Waals surface area contributed by atoms with Crippen molar-refractivity contribution in [2.24, 2.45) is 0 Å². The molecule has 0 bridgehead atoms. The molecule has 0 aliphatic carbocycles. The number of rotatable bonds is 3. The standard InChI is InChI=1S/C11H8N2O2/c14-7-8-2-1-3-9(6-8)11(15)10-4-5-12-13-10/h1-7H,(H,12,13). The van der Waals surface area contributed by atoms with Crippen LogP contribution in [0.5, 0.6) is 0 Å². The average Bonchev–Trinajstić information content (AvgIpc) is 2.81. The first kappa shape index (κ1) is 9.33. The van der Waals surface area contributed by atoms with Crippen molar-refractivity contribution < 1.29 is 9.59 Å². The zero-order chi connectivity index (χ0) is 10.7. The summed E-state index contributed by atoms with van der Waals surface area (Å²) in [7, 11) is 0. The van der Waals surface area contributed by atoms with E-state index in [0.29, 0.717) is 23.1 Å². The van der Waals surface area contributed by atoms with Crippen LogP contribution in [0.1, 0.15) is 26.4 Å². The van der Waals surface area contributed by atoms with Crippen molar-refractivity contribution in [2.75, 3.05) is 0 Å². The van der Waals surface area contributed by atoms with Gasteiger partial charge in [-0.1, -0.05) is 18.2 Å². The van der Waals surface area contributed by atoms with Crippen LogP contribution in [0.15, 0.2) is 36.5 Å². The van der Waals surface area contributed by atoms with E-state index in [2.05, 4.69) is 10.2 Å². The van der Waals surface area contributed by atoms with Crippen molar-refractivity contribution >= 4 is 12.1 Å². The predicted molar refractivity (Wildman–Crippen MR) is 53.8 cm³/mol. The fourth-order valence-electron chi connectivity index (χ4n) is 1.29. The molecule has 0 atom stereocenters. The number of hydrogen-bond donors (Lipinski definition) is 1. The molecule has 1 heterocycles. The van der Waals surface area contributed by atoms with Crippen molar-refractivity contribution in [1.82, 2.24) is 10.2 Å². The van der Waals surface area contributed by atoms with E-state index in [4.69, 9.17) is 0 Å². The molecule has 1 aromatic heterocycles. The van der Waals surface area contributed by atoms with Crippen LogP contribution < -0.4 is 0 Å². The van der Waals surface area contributed by atoms with Crippen LogP contribution in [0.25, 0.3) is 0 Å². The van der Waals surface area contributed by atoms with E-state index in [1.807, 2.05) is 0 Å². The molecular formula is C11H8N2O2. The van der Waals surface area contributed by atoms with E-state index in [1.165, 1.54) is 6.20 Å². The second-order valence-electron chi connectivity index (χ2n) is 3.04. The molecule has 1 N–H and O–H groups in total. The van der Waals surface area contributed by atoms with E-state index < -0.39 is 0 Å². The molecule has 0 saturated carbocycles. The molecule has 2 aromatic rings. The number of carbonyl (C=O) groups excluding carboxylic acids is 2. The molecular weight excluding hydrogens is 192 g/mol. The minimum absolute atomic E-state index is 0.170. The number of benzene rings is 1. The first-order valence-electron chi connectivity index (χ1n) is 4.40. The van der Waals surface area contributed by atoms with Gasteiger partial charge in [0.05, 0.1) is 0 Å². The van der Waals surface area contributed by atoms with Gasteiger partial charge in [-0.2, -0.15) is 5.10 Å². The third-order valence-electron chi connectivity index (χ3n) is 2.03. The first-order valence-corrected chi connectivity index (χ1v) is 4.40. The molecule has 0 fully saturated rings. The Labute approximate surface area is 85.9 Å². The lowest BCUT2D eigenvalue weighted by Gasteiger charge is -1.98. The molecule has 0 aliphatic rings. The summed E-state index contributed by atoms with van der Waals surface area (Å²) < 4.78 is 0. The lowest BCUT2D eigenvalue weighted by molar-refractivity contribution is 0.103. The highest BCUT2D eigenvalue weighted by Gasteiger charge is 2.09. The fraction of sp³-hybridized carbons (Fsp3) is 0. The summed E-state index contributed by atoms with van der Waals surface area (Å²) in [4.78, 5) is 22.3. The minimum Gasteiger partial charge on any atom is -0.298 e. The Kier molecular flexibility index (Phi) is 2.41. The number of hydrogen-bond acceptors (Lipinski definition) is 3. The number of ketones is 1. The Morgan fingerprint density at radius 2 is 2.20 bits per heavy atom. The summed E-state index contributed by atoms with van der Waals surface area (Å²) in [5.41, 5.74) is 1.38. The molecule has 0 unspecified atom stereocenters. The molecule has 1 aromatic carbocycles. The van der Waals surface area contributed by atoms with Gasteiger partial charge < -0.3 is 0 Å². The van der Waals surface area contributed by atoms with Gasteiger partial charge in [0.1, 0.15) is 12.0 Å². The number of nitrogens with one attached hydrogen (secondary N) is 1. The van der Waals surface area contributed by atoms with Crippen molar-refractivity contribution in [1.29, 1.82) is 0 Å². The lowest BCUT2D eigenvalue weighted by Crippen LogP contribution is -2.02. The van der Waals surface area contributed by atoms with Gasteiger partial charge in [0.2, 0.25) is 5.78 Å². The summed E-state index contributed by atoms with van der Waals surface area (Å²) in [6, 6.07) is 8.13. The normalized spacial score (nSPS) is 9.87. The maximum atomic E-state index is 11.8. The van der Waals surface area contributed by atoms with Crippen molar-refractivity contribution in [2.45, 2.75) is 0 Å². The zero-order valence-electron chi connectivity index (χ0n) is 7.81. The largest absolute Gasteiger partial charge is 0.298 e. The topological polar surface area (TPSA) is 62.8 Å². The van der Waals surface area contributed by atoms with Crippen molar-refractivity contribution in [3.8, 4) is 0 Å². The monoisotopic (exact) mass is 200 g/mol. The van der Waals surface area contributed by atoms with E-state index in [0.717, 1.165) is 0 Å². The van der Waals surface area contributed by atoms with Gasteiger partial charge in [-0.3, -0.25) is 14.7 Å². The van der Waals surface area contributed by atoms with Crippen LogP contribution in [-0.4, -0.2) is 22.3 Å². The summed E-state index contributed by atoms with van der Waals surface area (Å²) in [6.07, 6.45) is 2.22. The zero-order valence-corrected chi connectivity index (χ0v) is 7.81. The second kappa shape index (κ2) is 3.88. The molecule has 0 radical (unpaired) electrons. The van der Waals surface area contributed by atoms with Crippen molar-refractivity contribution in [3.05, 3.63) is 53.3 Å². The van der Waals surface area contributed by atoms with Gasteiger partial charge in [0, 0.05) is 17.3 Å². The lowest BCUT2D eigenvalue weighted by atomic mass is 10.1. The molecule has 74 valence electrons. The van der Waals surface area contributed by atoms with Gasteiger partial charge in [-0.05, 0) is 12.1 Å². The Hall–Kier alpha value is -2.23. The first-order chi connectivity index (χ1) is 7.31.